The maximum atomic E-state index is 13.0. The van der Waals surface area contributed by atoms with E-state index in [1.54, 1.807) is 0 Å². The van der Waals surface area contributed by atoms with Gasteiger partial charge in [0.25, 0.3) is 20.0 Å². The normalized spacial score (nSPS) is 12.7. The van der Waals surface area contributed by atoms with Gasteiger partial charge in [-0.1, -0.05) is 12.1 Å². The number of carboxylic acid groups (broad SMARTS) is 1. The molecule has 37 heavy (non-hydrogen) atoms. The predicted molar refractivity (Wildman–Crippen MR) is 118 cm³/mol. The minimum atomic E-state index is -4.89. The first-order valence-electron chi connectivity index (χ1n) is 9.68. The Morgan fingerprint density at radius 2 is 1.08 bits per heavy atom. The van der Waals surface area contributed by atoms with E-state index >= 15 is 0 Å². The zero-order chi connectivity index (χ0) is 27.8. The molecule has 0 spiro atoms. The number of carbonyl (C=O) groups is 1. The van der Waals surface area contributed by atoms with Crippen LogP contribution in [0.3, 0.4) is 0 Å². The van der Waals surface area contributed by atoms with Crippen molar-refractivity contribution in [3.05, 3.63) is 83.4 Å². The van der Waals surface area contributed by atoms with Gasteiger partial charge < -0.3 is 5.11 Å². The third-order valence-corrected chi connectivity index (χ3v) is 7.42. The molecule has 0 aliphatic carbocycles. The molecule has 8 nitrogen and oxygen atoms in total. The van der Waals surface area contributed by atoms with Crippen LogP contribution in [0.15, 0.2) is 76.5 Å². The second-order valence-corrected chi connectivity index (χ2v) is 10.7. The summed E-state index contributed by atoms with van der Waals surface area (Å²) in [6.45, 7) is 0. The minimum absolute atomic E-state index is 0.301. The molecule has 3 aromatic carbocycles. The summed E-state index contributed by atoms with van der Waals surface area (Å²) in [5, 5.41) is 9.21. The summed E-state index contributed by atoms with van der Waals surface area (Å²) in [5.41, 5.74) is -4.46. The molecule has 0 aliphatic rings. The van der Waals surface area contributed by atoms with Crippen LogP contribution in [0.4, 0.5) is 37.7 Å². The molecule has 3 rings (SSSR count). The maximum Gasteiger partial charge on any atom is 0.416 e. The molecule has 16 heteroatoms. The second-order valence-electron chi connectivity index (χ2n) is 7.33. The molecule has 0 aromatic heterocycles. The molecule has 0 saturated heterocycles. The van der Waals surface area contributed by atoms with Gasteiger partial charge in [0.1, 0.15) is 0 Å². The number of halogens is 6. The van der Waals surface area contributed by atoms with E-state index in [0.29, 0.717) is 30.3 Å². The lowest BCUT2D eigenvalue weighted by Crippen LogP contribution is -2.19. The average molecular weight is 568 g/mol. The van der Waals surface area contributed by atoms with Crippen LogP contribution in [-0.2, 0) is 32.4 Å². The van der Waals surface area contributed by atoms with Gasteiger partial charge in [0, 0.05) is 0 Å². The van der Waals surface area contributed by atoms with E-state index in [0.717, 1.165) is 36.4 Å². The molecule has 0 atom stereocenters. The van der Waals surface area contributed by atoms with Crippen molar-refractivity contribution in [2.45, 2.75) is 22.1 Å². The monoisotopic (exact) mass is 568 g/mol. The van der Waals surface area contributed by atoms with Crippen LogP contribution in [0.2, 0.25) is 0 Å². The summed E-state index contributed by atoms with van der Waals surface area (Å²) in [4.78, 5) is 9.62. The second kappa shape index (κ2) is 9.59. The van der Waals surface area contributed by atoms with E-state index in [1.165, 1.54) is 0 Å². The van der Waals surface area contributed by atoms with Gasteiger partial charge in [-0.05, 0) is 54.6 Å². The Bertz CT molecular complexity index is 1570. The Labute approximate surface area is 205 Å². The Hall–Kier alpha value is -3.79. The van der Waals surface area contributed by atoms with Crippen molar-refractivity contribution < 1.29 is 53.1 Å². The zero-order valence-corrected chi connectivity index (χ0v) is 19.6. The van der Waals surface area contributed by atoms with E-state index in [-0.39, 0.29) is 0 Å². The van der Waals surface area contributed by atoms with E-state index in [4.69, 9.17) is 0 Å². The summed E-state index contributed by atoms with van der Waals surface area (Å²) in [6, 6.07) is 7.49. The van der Waals surface area contributed by atoms with Crippen molar-refractivity contribution in [1.82, 2.24) is 0 Å². The number of nitrogens with one attached hydrogen (secondary N) is 2. The highest BCUT2D eigenvalue weighted by atomic mass is 32.2. The fourth-order valence-electron chi connectivity index (χ4n) is 2.94. The van der Waals surface area contributed by atoms with E-state index in [1.807, 2.05) is 9.44 Å². The quantitative estimate of drug-likeness (QED) is 0.343. The highest BCUT2D eigenvalue weighted by Gasteiger charge is 2.33. The summed E-state index contributed by atoms with van der Waals surface area (Å²) < 4.78 is 133. The predicted octanol–water partition coefficient (Wildman–Crippen LogP) is 5.02. The van der Waals surface area contributed by atoms with Crippen LogP contribution in [0, 0.1) is 0 Å². The molecule has 0 bridgehead atoms. The van der Waals surface area contributed by atoms with Gasteiger partial charge in [0.15, 0.2) is 0 Å². The Kier molecular flexibility index (Phi) is 7.20. The molecular formula is C21H14F6N2O6S2. The first-order valence-corrected chi connectivity index (χ1v) is 12.6. The Balaban J connectivity index is 2.05. The van der Waals surface area contributed by atoms with Gasteiger partial charge in [-0.25, -0.2) is 21.6 Å². The molecule has 0 fully saturated rings. The van der Waals surface area contributed by atoms with Crippen molar-refractivity contribution >= 4 is 37.4 Å². The average Bonchev–Trinajstić information content (AvgIpc) is 2.79. The number of hydrogen-bond acceptors (Lipinski definition) is 5. The number of aromatic carboxylic acids is 1. The third-order valence-electron chi connectivity index (χ3n) is 4.70. The van der Waals surface area contributed by atoms with Crippen molar-refractivity contribution in [2.75, 3.05) is 9.44 Å². The standard InChI is InChI=1S/C21H14F6N2O6S2/c22-20(23,24)13-3-1-5-15(10-13)36(32,33)28-17-8-7-12(19(30)31)9-18(17)29-37(34,35)16-6-2-4-14(11-16)21(25,26)27/h1-11,28-29H,(H,30,31). The fraction of sp³-hybridized carbons (Fsp3) is 0.0952. The zero-order valence-electron chi connectivity index (χ0n) is 17.9. The van der Waals surface area contributed by atoms with Gasteiger partial charge in [0.05, 0.1) is 37.9 Å². The maximum absolute atomic E-state index is 13.0. The number of carboxylic acids is 1. The summed E-state index contributed by atoms with van der Waals surface area (Å²) >= 11 is 0. The van der Waals surface area contributed by atoms with Crippen molar-refractivity contribution in [3.63, 3.8) is 0 Å². The lowest BCUT2D eigenvalue weighted by Gasteiger charge is -2.16. The number of rotatable bonds is 7. The van der Waals surface area contributed by atoms with Crippen LogP contribution >= 0.6 is 0 Å². The highest BCUT2D eigenvalue weighted by Crippen LogP contribution is 2.34. The third kappa shape index (κ3) is 6.51. The Morgan fingerprint density at radius 3 is 1.49 bits per heavy atom. The first-order chi connectivity index (χ1) is 16.9. The van der Waals surface area contributed by atoms with Crippen LogP contribution in [0.1, 0.15) is 21.5 Å². The molecule has 0 heterocycles. The SMILES string of the molecule is O=C(O)c1ccc(NS(=O)(=O)c2cccc(C(F)(F)F)c2)c(NS(=O)(=O)c2cccc(C(F)(F)F)c2)c1. The largest absolute Gasteiger partial charge is 0.478 e. The molecule has 3 aromatic rings. The lowest BCUT2D eigenvalue weighted by atomic mass is 10.2. The highest BCUT2D eigenvalue weighted by molar-refractivity contribution is 7.93. The number of hydrogen-bond donors (Lipinski definition) is 3. The van der Waals surface area contributed by atoms with Crippen LogP contribution in [0.5, 0.6) is 0 Å². The number of alkyl halides is 6. The number of benzene rings is 3. The fourth-order valence-corrected chi connectivity index (χ4v) is 5.18. The van der Waals surface area contributed by atoms with Gasteiger partial charge >= 0.3 is 18.3 Å². The molecule has 0 saturated carbocycles. The number of anilines is 2. The van der Waals surface area contributed by atoms with Crippen LogP contribution in [0.25, 0.3) is 0 Å². The van der Waals surface area contributed by atoms with E-state index in [9.17, 15) is 53.1 Å². The van der Waals surface area contributed by atoms with E-state index < -0.39 is 76.2 Å². The molecule has 0 radical (unpaired) electrons. The Morgan fingerprint density at radius 1 is 0.649 bits per heavy atom. The summed E-state index contributed by atoms with van der Waals surface area (Å²) in [5.74, 6) is -1.56. The van der Waals surface area contributed by atoms with Gasteiger partial charge in [-0.15, -0.1) is 0 Å². The first kappa shape index (κ1) is 27.8. The molecule has 198 valence electrons. The summed E-state index contributed by atoms with van der Waals surface area (Å²) in [7, 11) is -9.61. The van der Waals surface area contributed by atoms with Gasteiger partial charge in [-0.3, -0.25) is 9.44 Å². The van der Waals surface area contributed by atoms with Crippen molar-refractivity contribution in [1.29, 1.82) is 0 Å². The molecule has 0 unspecified atom stereocenters. The molecule has 0 aliphatic heterocycles. The van der Waals surface area contributed by atoms with Gasteiger partial charge in [0.2, 0.25) is 0 Å². The molecule has 3 N–H and O–H groups in total. The molecule has 0 amide bonds. The van der Waals surface area contributed by atoms with Crippen molar-refractivity contribution in [3.8, 4) is 0 Å². The van der Waals surface area contributed by atoms with Crippen LogP contribution < -0.4 is 9.44 Å². The van der Waals surface area contributed by atoms with E-state index in [2.05, 4.69) is 0 Å². The smallest absolute Gasteiger partial charge is 0.416 e. The molecular weight excluding hydrogens is 554 g/mol. The van der Waals surface area contributed by atoms with Crippen LogP contribution in [-0.4, -0.2) is 27.9 Å². The van der Waals surface area contributed by atoms with Crippen molar-refractivity contribution in [2.24, 2.45) is 0 Å². The van der Waals surface area contributed by atoms with Gasteiger partial charge in [-0.2, -0.15) is 26.3 Å². The summed E-state index contributed by atoms with van der Waals surface area (Å²) in [6.07, 6.45) is -9.76. The minimum Gasteiger partial charge on any atom is -0.478 e. The topological polar surface area (TPSA) is 130 Å². The lowest BCUT2D eigenvalue weighted by molar-refractivity contribution is -0.138. The number of sulfonamides is 2.